The molecule has 2 aliphatic heterocycles. The van der Waals surface area contributed by atoms with Crippen molar-refractivity contribution in [3.05, 3.63) is 52.1 Å². The van der Waals surface area contributed by atoms with Crippen molar-refractivity contribution in [2.75, 3.05) is 26.3 Å². The number of hydrazine groups is 1. The fraction of sp³-hybridized carbons (Fsp3) is 0.222. The number of hydrogen-bond donors (Lipinski definition) is 0. The van der Waals surface area contributed by atoms with Gasteiger partial charge < -0.3 is 9.15 Å². The van der Waals surface area contributed by atoms with Gasteiger partial charge in [-0.2, -0.15) is 0 Å². The van der Waals surface area contributed by atoms with Gasteiger partial charge in [0.15, 0.2) is 4.32 Å². The molecule has 5 nitrogen and oxygen atoms in total. The number of thiocarbonyl (C=S) groups is 1. The second-order valence-electron chi connectivity index (χ2n) is 5.77. The van der Waals surface area contributed by atoms with Crippen molar-refractivity contribution in [1.29, 1.82) is 0 Å². The van der Waals surface area contributed by atoms with E-state index in [-0.39, 0.29) is 5.91 Å². The first-order valence-corrected chi connectivity index (χ1v) is 9.68. The molecule has 1 aromatic carbocycles. The average molecular weight is 407 g/mol. The topological polar surface area (TPSA) is 45.9 Å². The molecule has 0 saturated carbocycles. The quantitative estimate of drug-likeness (QED) is 0.566. The van der Waals surface area contributed by atoms with E-state index in [0.29, 0.717) is 52.1 Å². The van der Waals surface area contributed by atoms with Crippen molar-refractivity contribution in [3.8, 4) is 11.3 Å². The lowest BCUT2D eigenvalue weighted by Gasteiger charge is -2.33. The number of thioether (sulfide) groups is 1. The summed E-state index contributed by atoms with van der Waals surface area (Å²) in [5, 5.41) is 4.14. The van der Waals surface area contributed by atoms with E-state index in [1.165, 1.54) is 11.8 Å². The Morgan fingerprint density at radius 3 is 2.77 bits per heavy atom. The zero-order chi connectivity index (χ0) is 18.1. The summed E-state index contributed by atoms with van der Waals surface area (Å²) in [6, 6.07) is 11.1. The van der Waals surface area contributed by atoms with Crippen LogP contribution in [0.1, 0.15) is 5.76 Å². The Kier molecular flexibility index (Phi) is 5.15. The summed E-state index contributed by atoms with van der Waals surface area (Å²) in [6.07, 6.45) is 1.73. The maximum atomic E-state index is 12.7. The Hall–Kier alpha value is -1.64. The number of halogens is 1. The van der Waals surface area contributed by atoms with E-state index in [1.807, 2.05) is 41.4 Å². The van der Waals surface area contributed by atoms with Crippen LogP contribution in [0.2, 0.25) is 5.02 Å². The Labute approximate surface area is 165 Å². The van der Waals surface area contributed by atoms with Crippen molar-refractivity contribution in [1.82, 2.24) is 10.0 Å². The minimum absolute atomic E-state index is 0.123. The number of carbonyl (C=O) groups is 1. The molecule has 0 aliphatic carbocycles. The summed E-state index contributed by atoms with van der Waals surface area (Å²) in [5.41, 5.74) is 0.887. The van der Waals surface area contributed by atoms with Crippen LogP contribution in [0, 0.1) is 0 Å². The van der Waals surface area contributed by atoms with E-state index < -0.39 is 0 Å². The number of benzene rings is 1. The molecule has 134 valence electrons. The minimum atomic E-state index is -0.123. The molecule has 4 rings (SSSR count). The second kappa shape index (κ2) is 7.54. The number of hydrogen-bond acceptors (Lipinski definition) is 6. The largest absolute Gasteiger partial charge is 0.457 e. The number of carbonyl (C=O) groups excluding carboxylic acids is 1. The van der Waals surface area contributed by atoms with E-state index in [1.54, 1.807) is 11.1 Å². The Morgan fingerprint density at radius 2 is 2.00 bits per heavy atom. The molecule has 3 heterocycles. The molecule has 8 heteroatoms. The molecule has 26 heavy (non-hydrogen) atoms. The Balaban J connectivity index is 1.55. The lowest BCUT2D eigenvalue weighted by atomic mass is 10.2. The van der Waals surface area contributed by atoms with Crippen molar-refractivity contribution in [2.24, 2.45) is 0 Å². The average Bonchev–Trinajstić information content (AvgIpc) is 3.21. The summed E-state index contributed by atoms with van der Waals surface area (Å²) in [4.78, 5) is 13.3. The number of furan rings is 1. The third-order valence-corrected chi connectivity index (χ3v) is 5.57. The summed E-state index contributed by atoms with van der Waals surface area (Å²) < 4.78 is 11.7. The normalized spacial score (nSPS) is 20.3. The summed E-state index contributed by atoms with van der Waals surface area (Å²) in [7, 11) is 0. The van der Waals surface area contributed by atoms with Crippen molar-refractivity contribution >= 4 is 51.9 Å². The van der Waals surface area contributed by atoms with Crippen LogP contribution in [-0.2, 0) is 9.53 Å². The molecule has 2 saturated heterocycles. The molecule has 0 radical (unpaired) electrons. The smallest absolute Gasteiger partial charge is 0.281 e. The minimum Gasteiger partial charge on any atom is -0.457 e. The number of nitrogens with zero attached hydrogens (tertiary/aromatic N) is 2. The van der Waals surface area contributed by atoms with Gasteiger partial charge in [-0.3, -0.25) is 4.79 Å². The SMILES string of the molecule is O=C1C(=Cc2ccc(-c3cccc(Cl)c3)o2)SC(=S)N1N1CCOCC1. The number of rotatable bonds is 3. The van der Waals surface area contributed by atoms with Gasteiger partial charge in [0.05, 0.1) is 18.1 Å². The molecular formula is C18H15ClN2O3S2. The molecule has 0 bridgehead atoms. The zero-order valence-electron chi connectivity index (χ0n) is 13.7. The molecule has 0 spiro atoms. The van der Waals surface area contributed by atoms with Crippen LogP contribution >= 0.6 is 35.6 Å². The summed E-state index contributed by atoms with van der Waals surface area (Å²) in [5.74, 6) is 1.17. The van der Waals surface area contributed by atoms with Gasteiger partial charge in [0.1, 0.15) is 11.5 Å². The number of morpholine rings is 1. The fourth-order valence-corrected chi connectivity index (χ4v) is 4.29. The van der Waals surface area contributed by atoms with Gasteiger partial charge in [0.25, 0.3) is 5.91 Å². The van der Waals surface area contributed by atoms with Crippen LogP contribution < -0.4 is 0 Å². The van der Waals surface area contributed by atoms with E-state index in [4.69, 9.17) is 33.0 Å². The van der Waals surface area contributed by atoms with Crippen LogP contribution in [-0.4, -0.2) is 46.5 Å². The standard InChI is InChI=1S/C18H15ClN2O3S2/c19-13-3-1-2-12(10-13)15-5-4-14(24-15)11-16-17(22)21(18(25)26-16)20-6-8-23-9-7-20/h1-5,10-11H,6-9H2. The van der Waals surface area contributed by atoms with Crippen LogP contribution in [0.5, 0.6) is 0 Å². The third-order valence-electron chi connectivity index (χ3n) is 4.05. The highest BCUT2D eigenvalue weighted by Gasteiger charge is 2.37. The first kappa shape index (κ1) is 17.8. The molecular weight excluding hydrogens is 392 g/mol. The molecule has 0 N–H and O–H groups in total. The predicted octanol–water partition coefficient (Wildman–Crippen LogP) is 4.05. The monoisotopic (exact) mass is 406 g/mol. The summed E-state index contributed by atoms with van der Waals surface area (Å²) >= 11 is 12.7. The molecule has 2 aliphatic rings. The molecule has 1 amide bonds. The highest BCUT2D eigenvalue weighted by molar-refractivity contribution is 8.26. The zero-order valence-corrected chi connectivity index (χ0v) is 16.1. The van der Waals surface area contributed by atoms with E-state index in [9.17, 15) is 4.79 Å². The van der Waals surface area contributed by atoms with E-state index in [0.717, 1.165) is 5.56 Å². The van der Waals surface area contributed by atoms with Gasteiger partial charge >= 0.3 is 0 Å². The first-order valence-electron chi connectivity index (χ1n) is 8.08. The summed E-state index contributed by atoms with van der Waals surface area (Å²) in [6.45, 7) is 2.49. The maximum Gasteiger partial charge on any atom is 0.281 e. The molecule has 0 atom stereocenters. The van der Waals surface area contributed by atoms with Crippen molar-refractivity contribution < 1.29 is 13.9 Å². The number of amides is 1. The van der Waals surface area contributed by atoms with Gasteiger partial charge in [-0.25, -0.2) is 10.0 Å². The molecule has 1 aromatic heterocycles. The second-order valence-corrected chi connectivity index (χ2v) is 7.88. The Morgan fingerprint density at radius 1 is 1.19 bits per heavy atom. The van der Waals surface area contributed by atoms with Gasteiger partial charge in [-0.15, -0.1) is 0 Å². The van der Waals surface area contributed by atoms with Crippen LogP contribution in [0.25, 0.3) is 17.4 Å². The molecule has 2 fully saturated rings. The van der Waals surface area contributed by atoms with E-state index >= 15 is 0 Å². The highest BCUT2D eigenvalue weighted by Crippen LogP contribution is 2.35. The Bertz CT molecular complexity index is 890. The van der Waals surface area contributed by atoms with Crippen LogP contribution in [0.3, 0.4) is 0 Å². The van der Waals surface area contributed by atoms with Gasteiger partial charge in [-0.05, 0) is 24.3 Å². The van der Waals surface area contributed by atoms with Crippen molar-refractivity contribution in [2.45, 2.75) is 0 Å². The van der Waals surface area contributed by atoms with Gasteiger partial charge in [0, 0.05) is 29.8 Å². The highest BCUT2D eigenvalue weighted by atomic mass is 35.5. The fourth-order valence-electron chi connectivity index (χ4n) is 2.81. The predicted molar refractivity (Wildman–Crippen MR) is 107 cm³/mol. The number of ether oxygens (including phenoxy) is 1. The van der Waals surface area contributed by atoms with Gasteiger partial charge in [0.2, 0.25) is 0 Å². The maximum absolute atomic E-state index is 12.7. The first-order chi connectivity index (χ1) is 12.6. The van der Waals surface area contributed by atoms with E-state index in [2.05, 4.69) is 0 Å². The molecule has 2 aromatic rings. The van der Waals surface area contributed by atoms with Crippen molar-refractivity contribution in [3.63, 3.8) is 0 Å². The lowest BCUT2D eigenvalue weighted by molar-refractivity contribution is -0.138. The van der Waals surface area contributed by atoms with Crippen LogP contribution in [0.15, 0.2) is 45.7 Å². The third kappa shape index (κ3) is 3.58. The molecule has 0 unspecified atom stereocenters. The van der Waals surface area contributed by atoms with Crippen LogP contribution in [0.4, 0.5) is 0 Å². The van der Waals surface area contributed by atoms with Gasteiger partial charge in [-0.1, -0.05) is 47.7 Å². The lowest BCUT2D eigenvalue weighted by Crippen LogP contribution is -2.50.